The van der Waals surface area contributed by atoms with E-state index < -0.39 is 0 Å². The van der Waals surface area contributed by atoms with Gasteiger partial charge in [0, 0.05) is 18.3 Å². The van der Waals surface area contributed by atoms with Crippen LogP contribution in [0, 0.1) is 0 Å². The Balaban J connectivity index is 1.72. The lowest BCUT2D eigenvalue weighted by molar-refractivity contribution is 0.869. The Bertz CT molecular complexity index is 784. The van der Waals surface area contributed by atoms with Crippen LogP contribution in [-0.4, -0.2) is 9.97 Å². The Labute approximate surface area is 143 Å². The average molecular weight is 318 g/mol. The molecular formula is C20H22N4. The van der Waals surface area contributed by atoms with Crippen LogP contribution in [0.5, 0.6) is 0 Å². The second-order valence-electron chi connectivity index (χ2n) is 5.99. The van der Waals surface area contributed by atoms with Crippen molar-refractivity contribution in [1.29, 1.82) is 0 Å². The van der Waals surface area contributed by atoms with Crippen molar-refractivity contribution < 1.29 is 0 Å². The number of hydrogen-bond acceptors (Lipinski definition) is 4. The zero-order valence-corrected chi connectivity index (χ0v) is 14.0. The van der Waals surface area contributed by atoms with Gasteiger partial charge >= 0.3 is 0 Å². The highest BCUT2D eigenvalue weighted by molar-refractivity contribution is 5.63. The van der Waals surface area contributed by atoms with Crippen LogP contribution in [0.3, 0.4) is 0 Å². The lowest BCUT2D eigenvalue weighted by Gasteiger charge is -2.14. The van der Waals surface area contributed by atoms with Gasteiger partial charge in [-0.1, -0.05) is 62.4 Å². The van der Waals surface area contributed by atoms with Crippen molar-refractivity contribution in [3.63, 3.8) is 0 Å². The number of hydrogen-bond donors (Lipinski definition) is 2. The quantitative estimate of drug-likeness (QED) is 0.675. The molecule has 0 atom stereocenters. The summed E-state index contributed by atoms with van der Waals surface area (Å²) in [7, 11) is 0. The summed E-state index contributed by atoms with van der Waals surface area (Å²) >= 11 is 0. The van der Waals surface area contributed by atoms with Gasteiger partial charge in [0.1, 0.15) is 18.0 Å². The second kappa shape index (κ2) is 7.59. The van der Waals surface area contributed by atoms with E-state index in [0.717, 1.165) is 23.9 Å². The molecule has 0 spiro atoms. The van der Waals surface area contributed by atoms with Gasteiger partial charge in [0.15, 0.2) is 0 Å². The van der Waals surface area contributed by atoms with Crippen molar-refractivity contribution in [1.82, 2.24) is 9.97 Å². The molecule has 0 bridgehead atoms. The summed E-state index contributed by atoms with van der Waals surface area (Å²) < 4.78 is 0. The summed E-state index contributed by atoms with van der Waals surface area (Å²) in [5.74, 6) is 2.04. The number of rotatable bonds is 6. The van der Waals surface area contributed by atoms with Crippen molar-refractivity contribution in [2.75, 3.05) is 10.6 Å². The second-order valence-corrected chi connectivity index (χ2v) is 5.99. The molecule has 3 aromatic rings. The number of benzene rings is 2. The van der Waals surface area contributed by atoms with Crippen LogP contribution in [0.25, 0.3) is 0 Å². The van der Waals surface area contributed by atoms with Gasteiger partial charge in [-0.25, -0.2) is 9.97 Å². The molecule has 0 saturated carbocycles. The summed E-state index contributed by atoms with van der Waals surface area (Å²) in [5.41, 5.74) is 3.57. The van der Waals surface area contributed by atoms with E-state index in [0.29, 0.717) is 5.92 Å². The third-order valence-corrected chi connectivity index (χ3v) is 3.83. The van der Waals surface area contributed by atoms with E-state index in [1.807, 2.05) is 30.3 Å². The van der Waals surface area contributed by atoms with Crippen LogP contribution < -0.4 is 10.6 Å². The predicted octanol–water partition coefficient (Wildman–Crippen LogP) is 4.96. The molecule has 0 saturated heterocycles. The maximum Gasteiger partial charge on any atom is 0.135 e. The van der Waals surface area contributed by atoms with Gasteiger partial charge in [-0.3, -0.25) is 0 Å². The van der Waals surface area contributed by atoms with Gasteiger partial charge in [-0.05, 0) is 23.1 Å². The third-order valence-electron chi connectivity index (χ3n) is 3.83. The lowest BCUT2D eigenvalue weighted by atomic mass is 10.0. The van der Waals surface area contributed by atoms with Gasteiger partial charge in [-0.2, -0.15) is 0 Å². The van der Waals surface area contributed by atoms with E-state index in [1.54, 1.807) is 6.33 Å². The number of aromatic nitrogens is 2. The van der Waals surface area contributed by atoms with E-state index in [1.165, 1.54) is 11.1 Å². The fourth-order valence-corrected chi connectivity index (χ4v) is 2.56. The summed E-state index contributed by atoms with van der Waals surface area (Å²) in [4.78, 5) is 8.62. The van der Waals surface area contributed by atoms with E-state index in [4.69, 9.17) is 0 Å². The number of para-hydroxylation sites is 1. The van der Waals surface area contributed by atoms with Gasteiger partial charge in [0.05, 0.1) is 0 Å². The topological polar surface area (TPSA) is 49.8 Å². The van der Waals surface area contributed by atoms with Gasteiger partial charge in [-0.15, -0.1) is 0 Å². The zero-order chi connectivity index (χ0) is 16.8. The van der Waals surface area contributed by atoms with Crippen LogP contribution in [0.2, 0.25) is 0 Å². The van der Waals surface area contributed by atoms with Crippen molar-refractivity contribution in [2.24, 2.45) is 0 Å². The molecule has 1 heterocycles. The van der Waals surface area contributed by atoms with Crippen LogP contribution in [0.4, 0.5) is 17.3 Å². The van der Waals surface area contributed by atoms with Crippen LogP contribution in [0.1, 0.15) is 30.9 Å². The van der Waals surface area contributed by atoms with Crippen molar-refractivity contribution >= 4 is 17.3 Å². The highest BCUT2D eigenvalue weighted by Crippen LogP contribution is 2.26. The van der Waals surface area contributed by atoms with Crippen LogP contribution in [-0.2, 0) is 6.54 Å². The molecule has 2 aromatic carbocycles. The SMILES string of the molecule is CC(C)c1ccccc1Nc1cc(NCc2ccccc2)ncn1. The molecule has 0 radical (unpaired) electrons. The summed E-state index contributed by atoms with van der Waals surface area (Å²) in [6.07, 6.45) is 1.58. The monoisotopic (exact) mass is 318 g/mol. The smallest absolute Gasteiger partial charge is 0.135 e. The molecule has 0 fully saturated rings. The molecule has 3 rings (SSSR count). The Kier molecular flexibility index (Phi) is 5.06. The summed E-state index contributed by atoms with van der Waals surface area (Å²) in [6.45, 7) is 5.11. The largest absolute Gasteiger partial charge is 0.366 e. The van der Waals surface area contributed by atoms with E-state index in [-0.39, 0.29) is 0 Å². The highest BCUT2D eigenvalue weighted by atomic mass is 15.1. The van der Waals surface area contributed by atoms with E-state index >= 15 is 0 Å². The van der Waals surface area contributed by atoms with Crippen molar-refractivity contribution in [2.45, 2.75) is 26.3 Å². The minimum absolute atomic E-state index is 0.450. The Morgan fingerprint density at radius 1 is 0.875 bits per heavy atom. The molecule has 0 aliphatic rings. The lowest BCUT2D eigenvalue weighted by Crippen LogP contribution is -2.04. The van der Waals surface area contributed by atoms with Crippen molar-refractivity contribution in [3.05, 3.63) is 78.1 Å². The average Bonchev–Trinajstić information content (AvgIpc) is 2.61. The summed E-state index contributed by atoms with van der Waals surface area (Å²) in [6, 6.07) is 20.5. The van der Waals surface area contributed by atoms with Gasteiger partial charge < -0.3 is 10.6 Å². The van der Waals surface area contributed by atoms with E-state index in [9.17, 15) is 0 Å². The molecule has 122 valence electrons. The normalized spacial score (nSPS) is 10.6. The molecule has 24 heavy (non-hydrogen) atoms. The molecule has 4 heteroatoms. The molecule has 2 N–H and O–H groups in total. The van der Waals surface area contributed by atoms with Gasteiger partial charge in [0.2, 0.25) is 0 Å². The maximum atomic E-state index is 4.33. The Morgan fingerprint density at radius 2 is 1.58 bits per heavy atom. The third kappa shape index (κ3) is 4.10. The molecule has 4 nitrogen and oxygen atoms in total. The van der Waals surface area contributed by atoms with Crippen LogP contribution >= 0.6 is 0 Å². The zero-order valence-electron chi connectivity index (χ0n) is 14.0. The minimum Gasteiger partial charge on any atom is -0.366 e. The first kappa shape index (κ1) is 16.0. The maximum absolute atomic E-state index is 4.33. The fraction of sp³-hybridized carbons (Fsp3) is 0.200. The molecule has 0 aliphatic heterocycles. The van der Waals surface area contributed by atoms with Crippen LogP contribution in [0.15, 0.2) is 67.0 Å². The predicted molar refractivity (Wildman–Crippen MR) is 99.6 cm³/mol. The first-order valence-electron chi connectivity index (χ1n) is 8.18. The fourth-order valence-electron chi connectivity index (χ4n) is 2.56. The van der Waals surface area contributed by atoms with Crippen molar-refractivity contribution in [3.8, 4) is 0 Å². The Morgan fingerprint density at radius 3 is 2.38 bits per heavy atom. The number of nitrogens with zero attached hydrogens (tertiary/aromatic N) is 2. The van der Waals surface area contributed by atoms with E-state index in [2.05, 4.69) is 64.8 Å². The Hall–Kier alpha value is -2.88. The highest BCUT2D eigenvalue weighted by Gasteiger charge is 2.07. The minimum atomic E-state index is 0.450. The summed E-state index contributed by atoms with van der Waals surface area (Å²) in [5, 5.41) is 6.73. The first-order chi connectivity index (χ1) is 11.7. The standard InChI is InChI=1S/C20H22N4/c1-15(2)17-10-6-7-11-18(17)24-20-12-19(22-14-23-20)21-13-16-8-4-3-5-9-16/h3-12,14-15H,13H2,1-2H3,(H2,21,22,23,24). The molecule has 0 unspecified atom stereocenters. The first-order valence-corrected chi connectivity index (χ1v) is 8.18. The number of anilines is 3. The van der Waals surface area contributed by atoms with Gasteiger partial charge in [0.25, 0.3) is 0 Å². The molecule has 1 aromatic heterocycles. The molecule has 0 amide bonds. The molecular weight excluding hydrogens is 296 g/mol. The number of nitrogens with one attached hydrogen (secondary N) is 2. The molecule has 0 aliphatic carbocycles.